The summed E-state index contributed by atoms with van der Waals surface area (Å²) in [6, 6.07) is 0. The Morgan fingerprint density at radius 3 is 2.83 bits per heavy atom. The molecular formula is C13H20N2OS2. The van der Waals surface area contributed by atoms with Crippen molar-refractivity contribution in [1.29, 1.82) is 0 Å². The van der Waals surface area contributed by atoms with Crippen molar-refractivity contribution >= 4 is 39.6 Å². The summed E-state index contributed by atoms with van der Waals surface area (Å²) in [4.78, 5) is 16.1. The van der Waals surface area contributed by atoms with Crippen molar-refractivity contribution in [3.8, 4) is 0 Å². The van der Waals surface area contributed by atoms with Crippen LogP contribution in [0.5, 0.6) is 0 Å². The number of thiophene rings is 1. The molecule has 0 radical (unpaired) electrons. The van der Waals surface area contributed by atoms with Crippen molar-refractivity contribution in [2.75, 3.05) is 30.0 Å². The van der Waals surface area contributed by atoms with Crippen molar-refractivity contribution < 1.29 is 4.79 Å². The minimum atomic E-state index is 0.159. The summed E-state index contributed by atoms with van der Waals surface area (Å²) < 4.78 is 0. The largest absolute Gasteiger partial charge is 0.396 e. The lowest BCUT2D eigenvalue weighted by molar-refractivity contribution is 0.0992. The first-order valence-corrected chi connectivity index (χ1v) is 8.37. The van der Waals surface area contributed by atoms with E-state index in [-0.39, 0.29) is 5.78 Å². The molecule has 0 aliphatic carbocycles. The highest BCUT2D eigenvalue weighted by molar-refractivity contribution is 7.99. The van der Waals surface area contributed by atoms with E-state index in [0.717, 1.165) is 28.8 Å². The molecule has 1 aromatic rings. The van der Waals surface area contributed by atoms with Gasteiger partial charge in [-0.2, -0.15) is 0 Å². The summed E-state index contributed by atoms with van der Waals surface area (Å²) in [5.74, 6) is 0.889. The molecule has 2 heterocycles. The number of hydrogen-bond donors (Lipinski definition) is 1. The van der Waals surface area contributed by atoms with Crippen molar-refractivity contribution in [2.45, 2.75) is 31.6 Å². The Morgan fingerprint density at radius 2 is 2.33 bits per heavy atom. The van der Waals surface area contributed by atoms with Gasteiger partial charge in [-0.3, -0.25) is 4.79 Å². The quantitative estimate of drug-likeness (QED) is 0.679. The van der Waals surface area contributed by atoms with Crippen molar-refractivity contribution in [1.82, 2.24) is 0 Å². The van der Waals surface area contributed by atoms with E-state index in [9.17, 15) is 4.79 Å². The SMILES string of the molecule is CCC(=O)c1sc(N2CCC(C)C2)c(SC)c1N. The molecule has 1 aliphatic heterocycles. The van der Waals surface area contributed by atoms with Gasteiger partial charge < -0.3 is 10.6 Å². The second-order valence-electron chi connectivity index (χ2n) is 4.80. The van der Waals surface area contributed by atoms with Crippen LogP contribution in [0.1, 0.15) is 36.4 Å². The van der Waals surface area contributed by atoms with Crippen LogP contribution in [0.3, 0.4) is 0 Å². The van der Waals surface area contributed by atoms with Crippen LogP contribution in [0.4, 0.5) is 10.7 Å². The number of hydrogen-bond acceptors (Lipinski definition) is 5. The maximum atomic E-state index is 11.9. The molecular weight excluding hydrogens is 264 g/mol. The van der Waals surface area contributed by atoms with Crippen LogP contribution < -0.4 is 10.6 Å². The van der Waals surface area contributed by atoms with Crippen molar-refractivity contribution in [2.24, 2.45) is 5.92 Å². The molecule has 3 nitrogen and oxygen atoms in total. The maximum absolute atomic E-state index is 11.9. The molecule has 0 spiro atoms. The maximum Gasteiger partial charge on any atom is 0.174 e. The van der Waals surface area contributed by atoms with Crippen LogP contribution >= 0.6 is 23.1 Å². The first-order valence-electron chi connectivity index (χ1n) is 6.32. The number of ketones is 1. The van der Waals surface area contributed by atoms with Gasteiger partial charge in [-0.15, -0.1) is 23.1 Å². The van der Waals surface area contributed by atoms with Gasteiger partial charge in [0.05, 0.1) is 15.5 Å². The van der Waals surface area contributed by atoms with Crippen LogP contribution in [-0.4, -0.2) is 25.1 Å². The third kappa shape index (κ3) is 2.38. The number of Topliss-reactive ketones (excluding diaryl/α,β-unsaturated/α-hetero) is 1. The highest BCUT2D eigenvalue weighted by atomic mass is 32.2. The number of rotatable bonds is 4. The average Bonchev–Trinajstić information content (AvgIpc) is 2.92. The Kier molecular flexibility index (Phi) is 4.22. The average molecular weight is 284 g/mol. The summed E-state index contributed by atoms with van der Waals surface area (Å²) in [5.41, 5.74) is 6.82. The van der Waals surface area contributed by atoms with Crippen molar-refractivity contribution in [3.05, 3.63) is 4.88 Å². The molecule has 2 N–H and O–H groups in total. The van der Waals surface area contributed by atoms with Crippen LogP contribution in [0, 0.1) is 5.92 Å². The molecule has 0 saturated carbocycles. The summed E-state index contributed by atoms with van der Waals surface area (Å²) >= 11 is 3.22. The van der Waals surface area contributed by atoms with Gasteiger partial charge in [0.1, 0.15) is 5.00 Å². The lowest BCUT2D eigenvalue weighted by atomic mass is 10.2. The molecule has 1 atom stereocenters. The Bertz CT molecular complexity index is 456. The number of thioether (sulfide) groups is 1. The first-order chi connectivity index (χ1) is 8.58. The fourth-order valence-corrected chi connectivity index (χ4v) is 4.54. The molecule has 5 heteroatoms. The van der Waals surface area contributed by atoms with Gasteiger partial charge in [0.15, 0.2) is 5.78 Å². The van der Waals surface area contributed by atoms with Gasteiger partial charge in [0.2, 0.25) is 0 Å². The third-order valence-electron chi connectivity index (χ3n) is 3.37. The van der Waals surface area contributed by atoms with Crippen LogP contribution in [0.2, 0.25) is 0 Å². The Morgan fingerprint density at radius 1 is 1.61 bits per heavy atom. The Balaban J connectivity index is 2.38. The first kappa shape index (κ1) is 13.7. The number of nitrogens with two attached hydrogens (primary N) is 1. The van der Waals surface area contributed by atoms with Gasteiger partial charge in [0, 0.05) is 19.5 Å². The van der Waals surface area contributed by atoms with E-state index >= 15 is 0 Å². The molecule has 0 amide bonds. The highest BCUT2D eigenvalue weighted by Gasteiger charge is 2.27. The van der Waals surface area contributed by atoms with Gasteiger partial charge in [0.25, 0.3) is 0 Å². The predicted octanol–water partition coefficient (Wildman–Crippen LogP) is 3.49. The predicted molar refractivity (Wildman–Crippen MR) is 81.1 cm³/mol. The molecule has 18 heavy (non-hydrogen) atoms. The summed E-state index contributed by atoms with van der Waals surface area (Å²) in [5, 5.41) is 1.20. The van der Waals surface area contributed by atoms with E-state index in [2.05, 4.69) is 11.8 Å². The molecule has 2 rings (SSSR count). The smallest absolute Gasteiger partial charge is 0.174 e. The lowest BCUT2D eigenvalue weighted by Crippen LogP contribution is -2.18. The molecule has 1 fully saturated rings. The van der Waals surface area contributed by atoms with Gasteiger partial charge >= 0.3 is 0 Å². The number of carbonyl (C=O) groups is 1. The molecule has 0 aromatic carbocycles. The summed E-state index contributed by atoms with van der Waals surface area (Å²) in [6.45, 7) is 6.31. The molecule has 1 unspecified atom stereocenters. The zero-order valence-electron chi connectivity index (χ0n) is 11.2. The molecule has 100 valence electrons. The van der Waals surface area contributed by atoms with E-state index in [4.69, 9.17) is 5.73 Å². The monoisotopic (exact) mass is 284 g/mol. The molecule has 1 saturated heterocycles. The third-order valence-corrected chi connectivity index (χ3v) is 5.63. The van der Waals surface area contributed by atoms with Gasteiger partial charge in [-0.25, -0.2) is 0 Å². The second-order valence-corrected chi connectivity index (χ2v) is 6.62. The Hall–Kier alpha value is -0.680. The summed E-state index contributed by atoms with van der Waals surface area (Å²) in [6.07, 6.45) is 3.78. The van der Waals surface area contributed by atoms with E-state index in [1.807, 2.05) is 13.2 Å². The number of nitrogen functional groups attached to an aromatic ring is 1. The van der Waals surface area contributed by atoms with Crippen molar-refractivity contribution in [3.63, 3.8) is 0 Å². The number of carbonyl (C=O) groups excluding carboxylic acids is 1. The van der Waals surface area contributed by atoms with E-state index in [1.165, 1.54) is 11.4 Å². The van der Waals surface area contributed by atoms with E-state index < -0.39 is 0 Å². The zero-order valence-corrected chi connectivity index (χ0v) is 12.8. The number of nitrogens with zero attached hydrogens (tertiary/aromatic N) is 1. The van der Waals surface area contributed by atoms with Crippen LogP contribution in [0.15, 0.2) is 4.90 Å². The van der Waals surface area contributed by atoms with Gasteiger partial charge in [-0.05, 0) is 18.6 Å². The fraction of sp³-hybridized carbons (Fsp3) is 0.615. The standard InChI is InChI=1S/C13H20N2OS2/c1-4-9(16)11-10(14)12(17-3)13(18-11)15-6-5-8(2)7-15/h8H,4-7,14H2,1-3H3. The minimum Gasteiger partial charge on any atom is -0.396 e. The molecule has 1 aromatic heterocycles. The van der Waals surface area contributed by atoms with Crippen LogP contribution in [0.25, 0.3) is 0 Å². The fourth-order valence-electron chi connectivity index (χ4n) is 2.31. The van der Waals surface area contributed by atoms with Crippen LogP contribution in [-0.2, 0) is 0 Å². The Labute approximate surface area is 117 Å². The topological polar surface area (TPSA) is 46.3 Å². The number of anilines is 2. The van der Waals surface area contributed by atoms with E-state index in [1.54, 1.807) is 23.1 Å². The van der Waals surface area contributed by atoms with Gasteiger partial charge in [-0.1, -0.05) is 13.8 Å². The molecule has 1 aliphatic rings. The van der Waals surface area contributed by atoms with E-state index in [0.29, 0.717) is 12.1 Å². The second kappa shape index (κ2) is 5.53. The zero-order chi connectivity index (χ0) is 13.3. The molecule has 0 bridgehead atoms. The summed E-state index contributed by atoms with van der Waals surface area (Å²) in [7, 11) is 0. The highest BCUT2D eigenvalue weighted by Crippen LogP contribution is 2.45. The lowest BCUT2D eigenvalue weighted by Gasteiger charge is -2.17. The normalized spacial score (nSPS) is 19.5. The minimum absolute atomic E-state index is 0.159.